The number of halogens is 1. The number of anilines is 1. The van der Waals surface area contributed by atoms with Gasteiger partial charge in [-0.25, -0.2) is 0 Å². The Morgan fingerprint density at radius 1 is 1.35 bits per heavy atom. The van der Waals surface area contributed by atoms with Gasteiger partial charge in [0.25, 0.3) is 0 Å². The molecule has 110 valence electrons. The highest BCUT2D eigenvalue weighted by Crippen LogP contribution is 2.31. The summed E-state index contributed by atoms with van der Waals surface area (Å²) in [4.78, 5) is 23.5. The van der Waals surface area contributed by atoms with Crippen molar-refractivity contribution in [1.82, 2.24) is 0 Å². The summed E-state index contributed by atoms with van der Waals surface area (Å²) in [6, 6.07) is 4.74. The molecule has 0 saturated carbocycles. The molecular weight excluding hydrogens is 282 g/mol. The summed E-state index contributed by atoms with van der Waals surface area (Å²) in [5.41, 5.74) is -0.359. The Morgan fingerprint density at radius 2 is 1.95 bits per heavy atom. The van der Waals surface area contributed by atoms with Crippen molar-refractivity contribution in [1.29, 1.82) is 0 Å². The van der Waals surface area contributed by atoms with Gasteiger partial charge >= 0.3 is 5.97 Å². The third-order valence-corrected chi connectivity index (χ3v) is 3.03. The molecule has 0 aliphatic rings. The second-order valence-corrected chi connectivity index (χ2v) is 5.91. The first-order valence-electron chi connectivity index (χ1n) is 6.04. The molecule has 0 fully saturated rings. The van der Waals surface area contributed by atoms with Gasteiger partial charge in [0.15, 0.2) is 0 Å². The van der Waals surface area contributed by atoms with Crippen molar-refractivity contribution in [2.45, 2.75) is 20.8 Å². The van der Waals surface area contributed by atoms with Crippen molar-refractivity contribution < 1.29 is 19.4 Å². The zero-order chi connectivity index (χ0) is 15.5. The number of carboxylic acids is 1. The van der Waals surface area contributed by atoms with E-state index in [-0.39, 0.29) is 0 Å². The molecule has 0 saturated heterocycles. The minimum atomic E-state index is -1.17. The molecule has 1 amide bonds. The molecule has 1 atom stereocenters. The molecule has 1 unspecified atom stereocenters. The fraction of sp³-hybridized carbons (Fsp3) is 0.429. The van der Waals surface area contributed by atoms with Crippen LogP contribution >= 0.6 is 11.6 Å². The molecule has 1 aromatic carbocycles. The lowest BCUT2D eigenvalue weighted by Gasteiger charge is -2.26. The van der Waals surface area contributed by atoms with Crippen LogP contribution in [0.25, 0.3) is 0 Å². The van der Waals surface area contributed by atoms with Crippen LogP contribution < -0.4 is 10.1 Å². The maximum absolute atomic E-state index is 12.2. The molecule has 0 spiro atoms. The minimum Gasteiger partial charge on any atom is -0.495 e. The largest absolute Gasteiger partial charge is 0.495 e. The molecule has 6 heteroatoms. The first-order chi connectivity index (χ1) is 9.16. The number of carboxylic acid groups (broad SMARTS) is 1. The zero-order valence-corrected chi connectivity index (χ0v) is 12.6. The van der Waals surface area contributed by atoms with Crippen LogP contribution in [0.2, 0.25) is 5.02 Å². The first kappa shape index (κ1) is 16.3. The Hall–Kier alpha value is -1.75. The third kappa shape index (κ3) is 3.87. The van der Waals surface area contributed by atoms with Crippen LogP contribution in [0.5, 0.6) is 5.75 Å². The summed E-state index contributed by atoms with van der Waals surface area (Å²) in [7, 11) is 1.46. The number of carbonyl (C=O) groups is 2. The summed E-state index contributed by atoms with van der Waals surface area (Å²) < 4.78 is 5.11. The summed E-state index contributed by atoms with van der Waals surface area (Å²) >= 11 is 5.87. The van der Waals surface area contributed by atoms with Crippen LogP contribution in [-0.4, -0.2) is 24.1 Å². The second-order valence-electron chi connectivity index (χ2n) is 5.47. The van der Waals surface area contributed by atoms with Gasteiger partial charge in [0, 0.05) is 5.02 Å². The molecular formula is C14H18ClNO4. The number of methoxy groups -OCH3 is 1. The van der Waals surface area contributed by atoms with Crippen molar-refractivity contribution in [3.8, 4) is 5.75 Å². The van der Waals surface area contributed by atoms with E-state index in [9.17, 15) is 14.7 Å². The molecule has 20 heavy (non-hydrogen) atoms. The molecule has 2 N–H and O–H groups in total. The van der Waals surface area contributed by atoms with Crippen molar-refractivity contribution >= 4 is 29.2 Å². The minimum absolute atomic E-state index is 0.348. The number of nitrogens with one attached hydrogen (secondary N) is 1. The van der Waals surface area contributed by atoms with Gasteiger partial charge in [-0.2, -0.15) is 0 Å². The van der Waals surface area contributed by atoms with Gasteiger partial charge in [0.1, 0.15) is 11.7 Å². The predicted molar refractivity (Wildman–Crippen MR) is 77.2 cm³/mol. The van der Waals surface area contributed by atoms with Gasteiger partial charge < -0.3 is 15.2 Å². The van der Waals surface area contributed by atoms with E-state index in [1.54, 1.807) is 32.9 Å². The Balaban J connectivity index is 3.06. The van der Waals surface area contributed by atoms with E-state index in [1.807, 2.05) is 0 Å². The smallest absolute Gasteiger partial charge is 0.316 e. The normalized spacial score (nSPS) is 12.7. The standard InChI is InChI=1S/C14H18ClNO4/c1-14(2,3)11(13(18)19)12(17)16-9-7-8(15)5-6-10(9)20-4/h5-7,11H,1-4H3,(H,16,17)(H,18,19). The molecule has 0 heterocycles. The SMILES string of the molecule is COc1ccc(Cl)cc1NC(=O)C(C(=O)O)C(C)(C)C. The molecule has 5 nitrogen and oxygen atoms in total. The van der Waals surface area contributed by atoms with E-state index in [2.05, 4.69) is 5.32 Å². The van der Waals surface area contributed by atoms with Crippen molar-refractivity contribution in [3.63, 3.8) is 0 Å². The van der Waals surface area contributed by atoms with Crippen molar-refractivity contribution in [2.24, 2.45) is 11.3 Å². The van der Waals surface area contributed by atoms with Crippen LogP contribution in [-0.2, 0) is 9.59 Å². The van der Waals surface area contributed by atoms with E-state index < -0.39 is 23.2 Å². The zero-order valence-electron chi connectivity index (χ0n) is 11.9. The Morgan fingerprint density at radius 3 is 2.40 bits per heavy atom. The number of aliphatic carboxylic acids is 1. The number of amides is 1. The maximum Gasteiger partial charge on any atom is 0.316 e. The van der Waals surface area contributed by atoms with Crippen LogP contribution in [0, 0.1) is 11.3 Å². The molecule has 1 aromatic rings. The van der Waals surface area contributed by atoms with E-state index in [0.717, 1.165) is 0 Å². The Kier molecular flexibility index (Phi) is 5.00. The number of carbonyl (C=O) groups excluding carboxylic acids is 1. The molecule has 0 aliphatic carbocycles. The molecule has 0 aliphatic heterocycles. The summed E-state index contributed by atoms with van der Waals surface area (Å²) in [5, 5.41) is 12.2. The van der Waals surface area contributed by atoms with Crippen molar-refractivity contribution in [2.75, 3.05) is 12.4 Å². The lowest BCUT2D eigenvalue weighted by atomic mass is 9.80. The van der Waals surface area contributed by atoms with E-state index in [1.165, 1.54) is 13.2 Å². The fourth-order valence-electron chi connectivity index (χ4n) is 1.86. The number of rotatable bonds is 4. The maximum atomic E-state index is 12.2. The Bertz CT molecular complexity index is 522. The highest BCUT2D eigenvalue weighted by Gasteiger charge is 2.38. The summed E-state index contributed by atoms with van der Waals surface area (Å²) in [6.45, 7) is 5.09. The van der Waals surface area contributed by atoms with E-state index in [0.29, 0.717) is 16.5 Å². The third-order valence-electron chi connectivity index (χ3n) is 2.79. The summed E-state index contributed by atoms with van der Waals surface area (Å²) in [6.07, 6.45) is 0. The topological polar surface area (TPSA) is 75.6 Å². The molecule has 0 radical (unpaired) electrons. The highest BCUT2D eigenvalue weighted by molar-refractivity contribution is 6.31. The average Bonchev–Trinajstić information content (AvgIpc) is 2.26. The molecule has 0 bridgehead atoms. The number of hydrogen-bond donors (Lipinski definition) is 2. The van der Waals surface area contributed by atoms with Gasteiger partial charge in [0.05, 0.1) is 12.8 Å². The molecule has 1 rings (SSSR count). The van der Waals surface area contributed by atoms with Crippen LogP contribution in [0.3, 0.4) is 0 Å². The number of ether oxygens (including phenoxy) is 1. The quantitative estimate of drug-likeness (QED) is 0.838. The predicted octanol–water partition coefficient (Wildman–Crippen LogP) is 3.03. The highest BCUT2D eigenvalue weighted by atomic mass is 35.5. The lowest BCUT2D eigenvalue weighted by molar-refractivity contribution is -0.149. The van der Waals surface area contributed by atoms with Gasteiger partial charge in [-0.05, 0) is 23.6 Å². The molecule has 0 aromatic heterocycles. The van der Waals surface area contributed by atoms with Gasteiger partial charge in [-0.1, -0.05) is 32.4 Å². The number of hydrogen-bond acceptors (Lipinski definition) is 3. The van der Waals surface area contributed by atoms with Crippen molar-refractivity contribution in [3.05, 3.63) is 23.2 Å². The van der Waals surface area contributed by atoms with Gasteiger partial charge in [-0.15, -0.1) is 0 Å². The van der Waals surface area contributed by atoms with Gasteiger partial charge in [-0.3, -0.25) is 9.59 Å². The second kappa shape index (κ2) is 6.13. The first-order valence-corrected chi connectivity index (χ1v) is 6.42. The van der Waals surface area contributed by atoms with E-state index in [4.69, 9.17) is 16.3 Å². The average molecular weight is 300 g/mol. The van der Waals surface area contributed by atoms with Crippen LogP contribution in [0.1, 0.15) is 20.8 Å². The van der Waals surface area contributed by atoms with Crippen LogP contribution in [0.15, 0.2) is 18.2 Å². The van der Waals surface area contributed by atoms with Gasteiger partial charge in [0.2, 0.25) is 5.91 Å². The monoisotopic (exact) mass is 299 g/mol. The Labute approximate surface area is 122 Å². The number of benzene rings is 1. The summed E-state index contributed by atoms with van der Waals surface area (Å²) in [5.74, 6) is -2.53. The van der Waals surface area contributed by atoms with Crippen LogP contribution in [0.4, 0.5) is 5.69 Å². The van der Waals surface area contributed by atoms with E-state index >= 15 is 0 Å². The lowest BCUT2D eigenvalue weighted by Crippen LogP contribution is -2.39. The fourth-order valence-corrected chi connectivity index (χ4v) is 2.03.